The molecule has 0 aromatic carbocycles. The maximum atomic E-state index is 10.7. The van der Waals surface area contributed by atoms with Crippen molar-refractivity contribution in [3.8, 4) is 0 Å². The van der Waals surface area contributed by atoms with Crippen LogP contribution in [-0.4, -0.2) is 64.1 Å². The molecule has 0 spiro atoms. The number of nitrogens with zero attached hydrogens (tertiary/aromatic N) is 6. The Labute approximate surface area is 229 Å². The average molecular weight is 526 g/mol. The molecule has 1 N–H and O–H groups in total. The summed E-state index contributed by atoms with van der Waals surface area (Å²) in [4.78, 5) is 5.34. The fourth-order valence-electron chi connectivity index (χ4n) is 1.49. The van der Waals surface area contributed by atoms with Crippen LogP contribution in [0.5, 0.6) is 0 Å². The summed E-state index contributed by atoms with van der Waals surface area (Å²) in [5.41, 5.74) is 16.8. The molecule has 0 aromatic rings. The van der Waals surface area contributed by atoms with Crippen molar-refractivity contribution in [2.45, 2.75) is 24.9 Å². The Balaban J connectivity index is -0.00000312. The molecule has 0 heterocycles. The zero-order valence-corrected chi connectivity index (χ0v) is 24.5. The number of azide groups is 2. The first-order chi connectivity index (χ1) is 12.5. The van der Waals surface area contributed by atoms with E-state index in [1.165, 1.54) is 0 Å². The second kappa shape index (κ2) is 25.5. The normalized spacial score (nSPS) is 14.2. The molecule has 0 bridgehead atoms. The van der Waals surface area contributed by atoms with E-state index in [1.54, 1.807) is 43.2 Å². The summed E-state index contributed by atoms with van der Waals surface area (Å²) >= 11 is -4.18. The van der Waals surface area contributed by atoms with Crippen LogP contribution in [-0.2, 0) is 22.2 Å². The predicted molar refractivity (Wildman–Crippen MR) is 114 cm³/mol. The summed E-state index contributed by atoms with van der Waals surface area (Å²) in [6.07, 6.45) is 1.07. The molecular weight excluding hydrogens is 507 g/mol. The van der Waals surface area contributed by atoms with E-state index in [0.29, 0.717) is 18.6 Å². The molecule has 2 unspecified atom stereocenters. The van der Waals surface area contributed by atoms with Crippen molar-refractivity contribution in [1.82, 2.24) is 0 Å². The van der Waals surface area contributed by atoms with Gasteiger partial charge in [-0.25, -0.2) is 4.21 Å². The summed E-state index contributed by atoms with van der Waals surface area (Å²) in [5.74, 6) is 3.05. The van der Waals surface area contributed by atoms with Crippen molar-refractivity contribution in [3.63, 3.8) is 0 Å². The Morgan fingerprint density at radius 1 is 0.857 bits per heavy atom. The SMILES string of the molecule is [N-]=[N+]=N[C@H](CCSSCCSSCC[C@H](CS(=O)O)N=[N+]=[N-])CS(=O)[O-].[Na+].[Na+]. The van der Waals surface area contributed by atoms with Crippen molar-refractivity contribution in [2.24, 2.45) is 10.2 Å². The van der Waals surface area contributed by atoms with Gasteiger partial charge in [-0.15, -0.1) is 0 Å². The van der Waals surface area contributed by atoms with Gasteiger partial charge in [-0.2, -0.15) is 0 Å². The van der Waals surface area contributed by atoms with Crippen molar-refractivity contribution in [3.05, 3.63) is 20.9 Å². The second-order valence-electron chi connectivity index (χ2n) is 4.54. The van der Waals surface area contributed by atoms with Gasteiger partial charge in [0.25, 0.3) is 0 Å². The molecular formula is C10H19N6Na2O4S6+. The van der Waals surface area contributed by atoms with Crippen LogP contribution in [0.15, 0.2) is 10.2 Å². The van der Waals surface area contributed by atoms with E-state index < -0.39 is 34.2 Å². The van der Waals surface area contributed by atoms with Crippen LogP contribution >= 0.6 is 43.2 Å². The van der Waals surface area contributed by atoms with E-state index in [0.717, 1.165) is 17.3 Å². The summed E-state index contributed by atoms with van der Waals surface area (Å²) in [6.45, 7) is 0. The van der Waals surface area contributed by atoms with Gasteiger partial charge in [0.05, 0.1) is 11.8 Å². The number of rotatable bonds is 17. The first-order valence-corrected chi connectivity index (χ1v) is 14.7. The van der Waals surface area contributed by atoms with Crippen LogP contribution < -0.4 is 59.1 Å². The van der Waals surface area contributed by atoms with Gasteiger partial charge in [-0.3, -0.25) is 4.21 Å². The molecule has 0 aliphatic carbocycles. The Bertz CT molecular complexity index is 495. The van der Waals surface area contributed by atoms with Crippen LogP contribution in [0.25, 0.3) is 20.9 Å². The molecule has 0 aromatic heterocycles. The van der Waals surface area contributed by atoms with Crippen molar-refractivity contribution >= 4 is 65.3 Å². The van der Waals surface area contributed by atoms with E-state index >= 15 is 0 Å². The average Bonchev–Trinajstić information content (AvgIpc) is 2.55. The number of hydrogen-bond acceptors (Lipinski definition) is 9. The second-order valence-corrected chi connectivity index (χ2v) is 11.9. The Morgan fingerprint density at radius 2 is 1.25 bits per heavy atom. The molecule has 0 saturated heterocycles. The molecule has 10 nitrogen and oxygen atoms in total. The van der Waals surface area contributed by atoms with E-state index in [-0.39, 0.29) is 70.6 Å². The minimum absolute atomic E-state index is 0. The first kappa shape index (κ1) is 34.8. The third-order valence-electron chi connectivity index (χ3n) is 2.58. The zero-order valence-electron chi connectivity index (χ0n) is 15.6. The topological polar surface area (TPSA) is 175 Å². The van der Waals surface area contributed by atoms with Crippen LogP contribution in [0.4, 0.5) is 0 Å². The molecule has 0 radical (unpaired) electrons. The minimum Gasteiger partial charge on any atom is -0.772 e. The molecule has 28 heavy (non-hydrogen) atoms. The fourth-order valence-corrected chi connectivity index (χ4v) is 7.57. The molecule has 0 amide bonds. The van der Waals surface area contributed by atoms with Gasteiger partial charge in [0.15, 0.2) is 11.1 Å². The van der Waals surface area contributed by atoms with E-state index in [1.807, 2.05) is 0 Å². The third kappa shape index (κ3) is 24.5. The van der Waals surface area contributed by atoms with Crippen LogP contribution in [0, 0.1) is 0 Å². The minimum atomic E-state index is -2.21. The van der Waals surface area contributed by atoms with Crippen molar-refractivity contribution in [2.75, 3.05) is 34.5 Å². The van der Waals surface area contributed by atoms with E-state index in [4.69, 9.17) is 15.6 Å². The van der Waals surface area contributed by atoms with Gasteiger partial charge >= 0.3 is 59.1 Å². The quantitative estimate of drug-likeness (QED) is 0.0431. The summed E-state index contributed by atoms with van der Waals surface area (Å²) in [6, 6.07) is -0.982. The molecule has 0 fully saturated rings. The molecule has 0 saturated carbocycles. The molecule has 18 heteroatoms. The van der Waals surface area contributed by atoms with Crippen LogP contribution in [0.3, 0.4) is 0 Å². The van der Waals surface area contributed by atoms with Gasteiger partial charge in [0.1, 0.15) is 0 Å². The maximum Gasteiger partial charge on any atom is 1.00 e. The van der Waals surface area contributed by atoms with Crippen LogP contribution in [0.1, 0.15) is 12.8 Å². The van der Waals surface area contributed by atoms with Crippen molar-refractivity contribution < 1.29 is 76.6 Å². The predicted octanol–water partition coefficient (Wildman–Crippen LogP) is -2.00. The first-order valence-electron chi connectivity index (χ1n) is 7.20. The Hall–Kier alpha value is 2.24. The summed E-state index contributed by atoms with van der Waals surface area (Å²) in [7, 11) is 6.57. The summed E-state index contributed by atoms with van der Waals surface area (Å²) < 4.78 is 40.8. The third-order valence-corrected chi connectivity index (χ3v) is 9.04. The Kier molecular flexibility index (Phi) is 31.7. The van der Waals surface area contributed by atoms with E-state index in [9.17, 15) is 13.0 Å². The van der Waals surface area contributed by atoms with Crippen LogP contribution in [0.2, 0.25) is 0 Å². The molecule has 0 aliphatic rings. The zero-order chi connectivity index (χ0) is 19.6. The number of hydrogen-bond donors (Lipinski definition) is 1. The van der Waals surface area contributed by atoms with Gasteiger partial charge in [-0.1, -0.05) is 64.5 Å². The Morgan fingerprint density at radius 3 is 1.61 bits per heavy atom. The summed E-state index contributed by atoms with van der Waals surface area (Å²) in [5, 5.41) is 6.98. The largest absolute Gasteiger partial charge is 1.00 e. The standard InChI is InChI=1S/C10H20N6O4S6.2Na/c11-15-13-9(7-25(17)18)1-3-21-23-5-6-24-22-4-2-10(14-16-12)8-26(19)20;;/h9-10H,1-8H2,(H,17,18)(H,19,20);;/q;2*+1/p-1/t9-,10-;;/m1../s1. The maximum absolute atomic E-state index is 10.7. The van der Waals surface area contributed by atoms with Gasteiger partial charge in [0.2, 0.25) is 0 Å². The fraction of sp³-hybridized carbons (Fsp3) is 1.00. The monoisotopic (exact) mass is 525 g/mol. The van der Waals surface area contributed by atoms with Crippen molar-refractivity contribution in [1.29, 1.82) is 0 Å². The van der Waals surface area contributed by atoms with E-state index in [2.05, 4.69) is 20.1 Å². The molecule has 150 valence electrons. The smallest absolute Gasteiger partial charge is 0.772 e. The van der Waals surface area contributed by atoms with Gasteiger partial charge in [-0.05, 0) is 23.9 Å². The molecule has 0 rings (SSSR count). The van der Waals surface area contributed by atoms with Gasteiger partial charge in [0, 0.05) is 44.6 Å². The molecule has 4 atom stereocenters. The molecule has 0 aliphatic heterocycles. The van der Waals surface area contributed by atoms with Gasteiger partial charge < -0.3 is 9.11 Å².